The minimum atomic E-state index is -0.692. The molecular formula is C15H19NO3S. The normalized spacial score (nSPS) is 13.8. The van der Waals surface area contributed by atoms with Crippen LogP contribution < -0.4 is 15.2 Å². The van der Waals surface area contributed by atoms with Gasteiger partial charge in [0, 0.05) is 23.4 Å². The van der Waals surface area contributed by atoms with Crippen LogP contribution in [0.2, 0.25) is 0 Å². The largest absolute Gasteiger partial charge is 0.497 e. The maximum atomic E-state index is 10.6. The Morgan fingerprint density at radius 3 is 2.30 bits per heavy atom. The summed E-state index contributed by atoms with van der Waals surface area (Å²) in [6, 6.07) is 9.34. The molecule has 1 aromatic heterocycles. The molecule has 0 fully saturated rings. The van der Waals surface area contributed by atoms with Crippen LogP contribution in [0.4, 0.5) is 0 Å². The number of ether oxygens (including phenoxy) is 2. The van der Waals surface area contributed by atoms with Crippen molar-refractivity contribution in [2.75, 3.05) is 20.8 Å². The van der Waals surface area contributed by atoms with E-state index < -0.39 is 6.10 Å². The molecule has 0 spiro atoms. The minimum Gasteiger partial charge on any atom is -0.497 e. The van der Waals surface area contributed by atoms with Crippen molar-refractivity contribution >= 4 is 11.3 Å². The molecule has 0 radical (unpaired) electrons. The topological polar surface area (TPSA) is 64.7 Å². The number of thiophene rings is 1. The number of aliphatic hydroxyl groups is 1. The number of benzene rings is 1. The summed E-state index contributed by atoms with van der Waals surface area (Å²) in [5.41, 5.74) is 6.57. The Bertz CT molecular complexity index is 520. The first-order valence-electron chi connectivity index (χ1n) is 6.34. The first-order chi connectivity index (χ1) is 9.69. The van der Waals surface area contributed by atoms with E-state index in [1.807, 2.05) is 29.6 Å². The smallest absolute Gasteiger partial charge is 0.122 e. The molecule has 1 aromatic carbocycles. The van der Waals surface area contributed by atoms with Gasteiger partial charge in [0.05, 0.1) is 20.3 Å². The highest BCUT2D eigenvalue weighted by Crippen LogP contribution is 2.35. The van der Waals surface area contributed by atoms with Crippen molar-refractivity contribution in [1.82, 2.24) is 0 Å². The van der Waals surface area contributed by atoms with Gasteiger partial charge in [0.2, 0.25) is 0 Å². The molecule has 0 amide bonds. The van der Waals surface area contributed by atoms with Crippen LogP contribution in [0.3, 0.4) is 0 Å². The van der Waals surface area contributed by atoms with E-state index in [2.05, 4.69) is 0 Å². The van der Waals surface area contributed by atoms with E-state index in [4.69, 9.17) is 15.2 Å². The van der Waals surface area contributed by atoms with Crippen molar-refractivity contribution in [2.24, 2.45) is 5.73 Å². The molecule has 0 aliphatic rings. The van der Waals surface area contributed by atoms with Crippen molar-refractivity contribution in [3.05, 3.63) is 46.2 Å². The Morgan fingerprint density at radius 2 is 1.85 bits per heavy atom. The van der Waals surface area contributed by atoms with Crippen LogP contribution in [-0.4, -0.2) is 25.9 Å². The minimum absolute atomic E-state index is 0.133. The molecule has 20 heavy (non-hydrogen) atoms. The van der Waals surface area contributed by atoms with Crippen LogP contribution in [0.15, 0.2) is 35.7 Å². The molecule has 0 saturated carbocycles. The molecule has 2 unspecified atom stereocenters. The first kappa shape index (κ1) is 14.8. The number of hydrogen-bond donors (Lipinski definition) is 2. The van der Waals surface area contributed by atoms with E-state index in [1.54, 1.807) is 31.6 Å². The Balaban J connectivity index is 2.33. The zero-order valence-corrected chi connectivity index (χ0v) is 12.4. The summed E-state index contributed by atoms with van der Waals surface area (Å²) in [6.45, 7) is 0.376. The number of rotatable bonds is 6. The zero-order valence-electron chi connectivity index (χ0n) is 11.6. The monoisotopic (exact) mass is 293 g/mol. The highest BCUT2D eigenvalue weighted by molar-refractivity contribution is 7.10. The van der Waals surface area contributed by atoms with E-state index >= 15 is 0 Å². The van der Waals surface area contributed by atoms with Crippen molar-refractivity contribution in [3.63, 3.8) is 0 Å². The predicted molar refractivity (Wildman–Crippen MR) is 80.6 cm³/mol. The van der Waals surface area contributed by atoms with Crippen molar-refractivity contribution in [3.8, 4) is 11.5 Å². The Hall–Kier alpha value is -1.56. The van der Waals surface area contributed by atoms with Crippen LogP contribution in [0.1, 0.15) is 22.5 Å². The summed E-state index contributed by atoms with van der Waals surface area (Å²) < 4.78 is 10.5. The Kier molecular flexibility index (Phi) is 5.00. The van der Waals surface area contributed by atoms with Crippen molar-refractivity contribution in [2.45, 2.75) is 12.0 Å². The Morgan fingerprint density at radius 1 is 1.20 bits per heavy atom. The number of methoxy groups -OCH3 is 2. The molecule has 0 aliphatic heterocycles. The van der Waals surface area contributed by atoms with Gasteiger partial charge >= 0.3 is 0 Å². The van der Waals surface area contributed by atoms with Gasteiger partial charge < -0.3 is 20.3 Å². The van der Waals surface area contributed by atoms with E-state index in [0.29, 0.717) is 18.0 Å². The molecule has 2 aromatic rings. The first-order valence-corrected chi connectivity index (χ1v) is 7.22. The fraction of sp³-hybridized carbons (Fsp3) is 0.333. The van der Waals surface area contributed by atoms with Gasteiger partial charge in [0.25, 0.3) is 0 Å². The second-order valence-electron chi connectivity index (χ2n) is 4.45. The van der Waals surface area contributed by atoms with Gasteiger partial charge in [-0.15, -0.1) is 11.3 Å². The lowest BCUT2D eigenvalue weighted by Gasteiger charge is -2.21. The van der Waals surface area contributed by atoms with E-state index in [-0.39, 0.29) is 5.92 Å². The van der Waals surface area contributed by atoms with Crippen molar-refractivity contribution in [1.29, 1.82) is 0 Å². The van der Waals surface area contributed by atoms with E-state index in [1.165, 1.54) is 0 Å². The average Bonchev–Trinajstić information content (AvgIpc) is 3.01. The van der Waals surface area contributed by atoms with Crippen LogP contribution in [0, 0.1) is 0 Å². The molecule has 2 atom stereocenters. The highest BCUT2D eigenvalue weighted by atomic mass is 32.1. The summed E-state index contributed by atoms with van der Waals surface area (Å²) in [5.74, 6) is 1.17. The van der Waals surface area contributed by atoms with Gasteiger partial charge in [-0.1, -0.05) is 6.07 Å². The second-order valence-corrected chi connectivity index (χ2v) is 5.43. The lowest BCUT2D eigenvalue weighted by Crippen LogP contribution is -2.19. The van der Waals surface area contributed by atoms with Gasteiger partial charge in [-0.25, -0.2) is 0 Å². The van der Waals surface area contributed by atoms with Crippen LogP contribution in [0.25, 0.3) is 0 Å². The fourth-order valence-electron chi connectivity index (χ4n) is 2.14. The van der Waals surface area contributed by atoms with Gasteiger partial charge in [-0.05, 0) is 29.1 Å². The summed E-state index contributed by atoms with van der Waals surface area (Å²) in [4.78, 5) is 1.07. The molecular weight excluding hydrogens is 274 g/mol. The number of hydrogen-bond acceptors (Lipinski definition) is 5. The van der Waals surface area contributed by atoms with Gasteiger partial charge in [-0.3, -0.25) is 0 Å². The molecule has 0 aliphatic carbocycles. The SMILES string of the molecule is COc1cc(OC)cc(C(O)C(CN)c2cccs2)c1. The standard InChI is InChI=1S/C15H19NO3S/c1-18-11-6-10(7-12(8-11)19-2)15(17)13(9-16)14-4-3-5-20-14/h3-8,13,15,17H,9,16H2,1-2H3. The van der Waals surface area contributed by atoms with Crippen LogP contribution in [-0.2, 0) is 0 Å². The lowest BCUT2D eigenvalue weighted by atomic mass is 9.94. The maximum Gasteiger partial charge on any atom is 0.122 e. The Labute approximate surface area is 122 Å². The van der Waals surface area contributed by atoms with Crippen LogP contribution >= 0.6 is 11.3 Å². The van der Waals surface area contributed by atoms with Crippen molar-refractivity contribution < 1.29 is 14.6 Å². The third kappa shape index (κ3) is 3.12. The number of nitrogens with two attached hydrogens (primary N) is 1. The quantitative estimate of drug-likeness (QED) is 0.859. The summed E-state index contributed by atoms with van der Waals surface area (Å²) in [6.07, 6.45) is -0.692. The predicted octanol–water partition coefficient (Wildman–Crippen LogP) is 2.54. The lowest BCUT2D eigenvalue weighted by molar-refractivity contribution is 0.148. The summed E-state index contributed by atoms with van der Waals surface area (Å²) in [7, 11) is 3.18. The highest BCUT2D eigenvalue weighted by Gasteiger charge is 2.23. The average molecular weight is 293 g/mol. The van der Waals surface area contributed by atoms with E-state index in [9.17, 15) is 5.11 Å². The fourth-order valence-corrected chi connectivity index (χ4v) is 3.01. The second kappa shape index (κ2) is 6.74. The molecule has 108 valence electrons. The number of aliphatic hydroxyl groups excluding tert-OH is 1. The van der Waals surface area contributed by atoms with Crippen LogP contribution in [0.5, 0.6) is 11.5 Å². The van der Waals surface area contributed by atoms with Gasteiger partial charge in [0.15, 0.2) is 0 Å². The third-order valence-electron chi connectivity index (χ3n) is 3.26. The zero-order chi connectivity index (χ0) is 14.5. The molecule has 2 rings (SSSR count). The molecule has 0 saturated heterocycles. The van der Waals surface area contributed by atoms with Gasteiger partial charge in [-0.2, -0.15) is 0 Å². The molecule has 3 N–H and O–H groups in total. The summed E-state index contributed by atoms with van der Waals surface area (Å²) >= 11 is 1.60. The molecule has 4 nitrogen and oxygen atoms in total. The summed E-state index contributed by atoms with van der Waals surface area (Å²) in [5, 5.41) is 12.6. The maximum absolute atomic E-state index is 10.6. The van der Waals surface area contributed by atoms with E-state index in [0.717, 1.165) is 10.4 Å². The third-order valence-corrected chi connectivity index (χ3v) is 4.26. The molecule has 5 heteroatoms. The van der Waals surface area contributed by atoms with Gasteiger partial charge in [0.1, 0.15) is 11.5 Å². The molecule has 0 bridgehead atoms. The molecule has 1 heterocycles.